The van der Waals surface area contributed by atoms with Crippen molar-refractivity contribution in [2.24, 2.45) is 0 Å². The van der Waals surface area contributed by atoms with Crippen molar-refractivity contribution in [2.75, 3.05) is 5.73 Å². The molecule has 1 aromatic carbocycles. The van der Waals surface area contributed by atoms with Crippen LogP contribution in [0, 0.1) is 13.8 Å². The summed E-state index contributed by atoms with van der Waals surface area (Å²) >= 11 is 0. The van der Waals surface area contributed by atoms with Crippen molar-refractivity contribution < 1.29 is 0 Å². The van der Waals surface area contributed by atoms with E-state index in [1.54, 1.807) is 0 Å². The number of H-pyrrole nitrogens is 1. The molecule has 2 aromatic rings. The maximum absolute atomic E-state index is 5.59. The van der Waals surface area contributed by atoms with Gasteiger partial charge in [0.25, 0.3) is 0 Å². The van der Waals surface area contributed by atoms with E-state index in [-0.39, 0.29) is 0 Å². The van der Waals surface area contributed by atoms with Crippen molar-refractivity contribution in [2.45, 2.75) is 13.8 Å². The van der Waals surface area contributed by atoms with Crippen LogP contribution in [0.3, 0.4) is 0 Å². The molecule has 0 saturated carbocycles. The summed E-state index contributed by atoms with van der Waals surface area (Å²) in [5.41, 5.74) is 9.86. The Morgan fingerprint density at radius 1 is 1.29 bits per heavy atom. The van der Waals surface area contributed by atoms with Crippen LogP contribution >= 0.6 is 0 Å². The van der Waals surface area contributed by atoms with Crippen LogP contribution < -0.4 is 5.73 Å². The zero-order chi connectivity index (χ0) is 10.1. The molecule has 0 saturated heterocycles. The quantitative estimate of drug-likeness (QED) is 0.719. The summed E-state index contributed by atoms with van der Waals surface area (Å²) in [7, 11) is 0. The van der Waals surface area contributed by atoms with Gasteiger partial charge in [0, 0.05) is 11.3 Å². The first-order chi connectivity index (χ1) is 6.66. The van der Waals surface area contributed by atoms with Gasteiger partial charge in [0.05, 0.1) is 5.69 Å². The van der Waals surface area contributed by atoms with E-state index < -0.39 is 0 Å². The van der Waals surface area contributed by atoms with Gasteiger partial charge in [0.2, 0.25) is 0 Å². The normalized spacial score (nSPS) is 10.4. The fraction of sp³-hybridized carbons (Fsp3) is 0.182. The first-order valence-corrected chi connectivity index (χ1v) is 4.56. The number of hydrogen-bond donors (Lipinski definition) is 2. The molecular formula is C11H13N3. The molecule has 14 heavy (non-hydrogen) atoms. The van der Waals surface area contributed by atoms with Crippen molar-refractivity contribution in [1.29, 1.82) is 0 Å². The van der Waals surface area contributed by atoms with Crippen LogP contribution in [0.2, 0.25) is 0 Å². The lowest BCUT2D eigenvalue weighted by molar-refractivity contribution is 1.26. The number of hydrogen-bond acceptors (Lipinski definition) is 2. The second-order valence-corrected chi connectivity index (χ2v) is 3.47. The van der Waals surface area contributed by atoms with Gasteiger partial charge < -0.3 is 10.7 Å². The van der Waals surface area contributed by atoms with Gasteiger partial charge in [-0.3, -0.25) is 0 Å². The van der Waals surface area contributed by atoms with Crippen LogP contribution in [0.5, 0.6) is 0 Å². The minimum absolute atomic E-state index is 0.471. The fourth-order valence-electron chi connectivity index (χ4n) is 1.56. The number of nitrogens with zero attached hydrogens (tertiary/aromatic N) is 1. The first kappa shape index (κ1) is 8.81. The first-order valence-electron chi connectivity index (χ1n) is 4.56. The van der Waals surface area contributed by atoms with Crippen LogP contribution in [-0.4, -0.2) is 9.97 Å². The van der Waals surface area contributed by atoms with E-state index in [9.17, 15) is 0 Å². The molecule has 3 N–H and O–H groups in total. The van der Waals surface area contributed by atoms with Gasteiger partial charge in [-0.05, 0) is 19.9 Å². The number of imidazole rings is 1. The lowest BCUT2D eigenvalue weighted by Crippen LogP contribution is -1.85. The van der Waals surface area contributed by atoms with Gasteiger partial charge in [-0.25, -0.2) is 4.98 Å². The van der Waals surface area contributed by atoms with Gasteiger partial charge in [-0.2, -0.15) is 0 Å². The lowest BCUT2D eigenvalue weighted by Gasteiger charge is -1.99. The summed E-state index contributed by atoms with van der Waals surface area (Å²) in [6.07, 6.45) is 0. The van der Waals surface area contributed by atoms with E-state index in [4.69, 9.17) is 5.73 Å². The fourth-order valence-corrected chi connectivity index (χ4v) is 1.56. The number of aromatic nitrogens is 2. The molecule has 0 unspecified atom stereocenters. The Bertz CT molecular complexity index is 457. The van der Waals surface area contributed by atoms with Crippen molar-refractivity contribution in [3.63, 3.8) is 0 Å². The second kappa shape index (κ2) is 3.18. The third-order valence-corrected chi connectivity index (χ3v) is 2.19. The van der Waals surface area contributed by atoms with E-state index >= 15 is 0 Å². The monoisotopic (exact) mass is 187 g/mol. The van der Waals surface area contributed by atoms with Crippen molar-refractivity contribution in [3.8, 4) is 11.3 Å². The van der Waals surface area contributed by atoms with Gasteiger partial charge >= 0.3 is 0 Å². The minimum Gasteiger partial charge on any atom is -0.369 e. The molecule has 0 spiro atoms. The molecule has 0 aliphatic carbocycles. The smallest absolute Gasteiger partial charge is 0.198 e. The van der Waals surface area contributed by atoms with Crippen LogP contribution in [0.4, 0.5) is 5.95 Å². The minimum atomic E-state index is 0.471. The van der Waals surface area contributed by atoms with Gasteiger partial charge in [0.1, 0.15) is 0 Å². The third-order valence-electron chi connectivity index (χ3n) is 2.19. The summed E-state index contributed by atoms with van der Waals surface area (Å²) in [4.78, 5) is 7.24. The Labute approximate surface area is 83.0 Å². The molecule has 0 fully saturated rings. The van der Waals surface area contributed by atoms with Gasteiger partial charge in [0.15, 0.2) is 5.95 Å². The zero-order valence-corrected chi connectivity index (χ0v) is 8.33. The maximum Gasteiger partial charge on any atom is 0.198 e. The van der Waals surface area contributed by atoms with Crippen LogP contribution in [0.25, 0.3) is 11.3 Å². The highest BCUT2D eigenvalue weighted by atomic mass is 15.0. The van der Waals surface area contributed by atoms with Gasteiger partial charge in [-0.15, -0.1) is 0 Å². The molecule has 3 heteroatoms. The van der Waals surface area contributed by atoms with Crippen molar-refractivity contribution in [3.05, 3.63) is 35.5 Å². The predicted octanol–water partition coefficient (Wildman–Crippen LogP) is 2.28. The molecule has 2 rings (SSSR count). The molecule has 1 aromatic heterocycles. The molecule has 3 nitrogen and oxygen atoms in total. The van der Waals surface area contributed by atoms with Crippen molar-refractivity contribution in [1.82, 2.24) is 9.97 Å². The van der Waals surface area contributed by atoms with E-state index in [0.717, 1.165) is 17.0 Å². The summed E-state index contributed by atoms with van der Waals surface area (Å²) < 4.78 is 0. The molecule has 1 heterocycles. The standard InChI is InChI=1S/C11H13N3/c1-7-4-3-5-9(6-7)10-8(2)13-11(12)14-10/h3-6H,1-2H3,(H3,12,13,14). The molecule has 0 aliphatic heterocycles. The highest BCUT2D eigenvalue weighted by Gasteiger charge is 2.06. The van der Waals surface area contributed by atoms with Crippen LogP contribution in [0.15, 0.2) is 24.3 Å². The number of aromatic amines is 1. The SMILES string of the molecule is Cc1cccc(-c2nc(N)[nH]c2C)c1. The van der Waals surface area contributed by atoms with Crippen molar-refractivity contribution >= 4 is 5.95 Å². The summed E-state index contributed by atoms with van der Waals surface area (Å²) in [5.74, 6) is 0.471. The molecular weight excluding hydrogens is 174 g/mol. The summed E-state index contributed by atoms with van der Waals surface area (Å²) in [6.45, 7) is 4.04. The van der Waals surface area contributed by atoms with E-state index in [1.807, 2.05) is 19.1 Å². The average molecular weight is 187 g/mol. The molecule has 0 radical (unpaired) electrons. The summed E-state index contributed by atoms with van der Waals surface area (Å²) in [5, 5.41) is 0. The molecule has 72 valence electrons. The predicted molar refractivity (Wildman–Crippen MR) is 57.9 cm³/mol. The lowest BCUT2D eigenvalue weighted by atomic mass is 10.1. The summed E-state index contributed by atoms with van der Waals surface area (Å²) in [6, 6.07) is 8.22. The Hall–Kier alpha value is -1.77. The topological polar surface area (TPSA) is 54.7 Å². The van der Waals surface area contributed by atoms with Crippen LogP contribution in [0.1, 0.15) is 11.3 Å². The largest absolute Gasteiger partial charge is 0.369 e. The average Bonchev–Trinajstić information content (AvgIpc) is 2.45. The number of nitrogens with two attached hydrogens (primary N) is 1. The molecule has 0 bridgehead atoms. The number of rotatable bonds is 1. The Morgan fingerprint density at radius 2 is 2.07 bits per heavy atom. The molecule has 0 atom stereocenters. The van der Waals surface area contributed by atoms with Crippen LogP contribution in [-0.2, 0) is 0 Å². The van der Waals surface area contributed by atoms with E-state index in [2.05, 4.69) is 29.0 Å². The number of nitrogens with one attached hydrogen (secondary N) is 1. The number of benzene rings is 1. The second-order valence-electron chi connectivity index (χ2n) is 3.47. The maximum atomic E-state index is 5.59. The van der Waals surface area contributed by atoms with E-state index in [1.165, 1.54) is 5.56 Å². The van der Waals surface area contributed by atoms with Gasteiger partial charge in [-0.1, -0.05) is 23.8 Å². The van der Waals surface area contributed by atoms with E-state index in [0.29, 0.717) is 5.95 Å². The Kier molecular flexibility index (Phi) is 2.00. The Morgan fingerprint density at radius 3 is 2.64 bits per heavy atom. The highest BCUT2D eigenvalue weighted by molar-refractivity contribution is 5.64. The zero-order valence-electron chi connectivity index (χ0n) is 8.33. The Balaban J connectivity index is 2.54. The highest BCUT2D eigenvalue weighted by Crippen LogP contribution is 2.22. The number of anilines is 1. The molecule has 0 amide bonds. The molecule has 0 aliphatic rings. The number of aryl methyl sites for hydroxylation is 2. The third kappa shape index (κ3) is 1.48. The number of nitrogen functional groups attached to an aromatic ring is 1.